The van der Waals surface area contributed by atoms with Gasteiger partial charge in [-0.1, -0.05) is 42.1 Å². The highest BCUT2D eigenvalue weighted by atomic mass is 32.2. The zero-order valence-electron chi connectivity index (χ0n) is 12.3. The quantitative estimate of drug-likeness (QED) is 0.705. The molecule has 0 spiro atoms. The second-order valence-electron chi connectivity index (χ2n) is 4.93. The van der Waals surface area contributed by atoms with E-state index in [-0.39, 0.29) is 6.61 Å². The zero-order chi connectivity index (χ0) is 15.4. The van der Waals surface area contributed by atoms with E-state index in [1.807, 2.05) is 17.7 Å². The second-order valence-corrected chi connectivity index (χ2v) is 6.82. The van der Waals surface area contributed by atoms with E-state index in [4.69, 9.17) is 0 Å². The molecule has 0 radical (unpaired) electrons. The van der Waals surface area contributed by atoms with Crippen LogP contribution in [0.5, 0.6) is 0 Å². The molecule has 0 bridgehead atoms. The number of aromatic nitrogens is 3. The van der Waals surface area contributed by atoms with E-state index in [0.29, 0.717) is 0 Å². The minimum Gasteiger partial charge on any atom is -0.390 e. The van der Waals surface area contributed by atoms with Gasteiger partial charge in [0.05, 0.1) is 29.2 Å². The van der Waals surface area contributed by atoms with Crippen molar-refractivity contribution in [3.63, 3.8) is 0 Å². The summed E-state index contributed by atoms with van der Waals surface area (Å²) in [5.41, 5.74) is 3.19. The summed E-state index contributed by atoms with van der Waals surface area (Å²) in [6.07, 6.45) is 2.59. The monoisotopic (exact) mass is 331 g/mol. The minimum atomic E-state index is 0.0159. The van der Waals surface area contributed by atoms with Crippen LogP contribution in [0.15, 0.2) is 47.1 Å². The van der Waals surface area contributed by atoms with Crippen molar-refractivity contribution in [3.05, 3.63) is 63.9 Å². The molecule has 0 amide bonds. The van der Waals surface area contributed by atoms with Crippen LogP contribution < -0.4 is 0 Å². The highest BCUT2D eigenvalue weighted by Crippen LogP contribution is 2.24. The number of thioether (sulfide) groups is 1. The molecule has 4 nitrogen and oxygen atoms in total. The van der Waals surface area contributed by atoms with E-state index >= 15 is 0 Å². The first-order valence-electron chi connectivity index (χ1n) is 6.97. The van der Waals surface area contributed by atoms with E-state index < -0.39 is 0 Å². The molecule has 0 aliphatic heterocycles. The Hall–Kier alpha value is -1.63. The largest absolute Gasteiger partial charge is 0.390 e. The minimum absolute atomic E-state index is 0.0159. The number of thiazole rings is 1. The first-order chi connectivity index (χ1) is 10.8. The van der Waals surface area contributed by atoms with Crippen molar-refractivity contribution in [1.29, 1.82) is 0 Å². The number of imidazole rings is 1. The third kappa shape index (κ3) is 3.58. The van der Waals surface area contributed by atoms with Crippen LogP contribution in [0.25, 0.3) is 0 Å². The molecule has 0 atom stereocenters. The van der Waals surface area contributed by atoms with Crippen molar-refractivity contribution < 1.29 is 5.11 Å². The maximum atomic E-state index is 9.18. The van der Waals surface area contributed by atoms with Crippen LogP contribution in [0, 0.1) is 0 Å². The van der Waals surface area contributed by atoms with Crippen LogP contribution in [0.4, 0.5) is 0 Å². The Morgan fingerprint density at radius 2 is 2.09 bits per heavy atom. The molecule has 0 saturated heterocycles. The Morgan fingerprint density at radius 3 is 2.82 bits per heavy atom. The zero-order valence-corrected chi connectivity index (χ0v) is 13.9. The van der Waals surface area contributed by atoms with Crippen LogP contribution in [-0.4, -0.2) is 19.6 Å². The highest BCUT2D eigenvalue weighted by Gasteiger charge is 2.08. The molecule has 0 aliphatic rings. The lowest BCUT2D eigenvalue weighted by atomic mass is 10.2. The van der Waals surface area contributed by atoms with Gasteiger partial charge in [0, 0.05) is 24.6 Å². The van der Waals surface area contributed by atoms with Crippen molar-refractivity contribution in [3.8, 4) is 0 Å². The first kappa shape index (κ1) is 15.3. The van der Waals surface area contributed by atoms with Gasteiger partial charge < -0.3 is 9.67 Å². The summed E-state index contributed by atoms with van der Waals surface area (Å²) >= 11 is 3.34. The normalized spacial score (nSPS) is 11.0. The van der Waals surface area contributed by atoms with Crippen LogP contribution in [0.2, 0.25) is 0 Å². The number of hydrogen-bond donors (Lipinski definition) is 1. The summed E-state index contributed by atoms with van der Waals surface area (Å²) in [5, 5.41) is 13.3. The number of hydrogen-bond acceptors (Lipinski definition) is 5. The average Bonchev–Trinajstić information content (AvgIpc) is 3.13. The molecule has 3 aromatic rings. The van der Waals surface area contributed by atoms with Gasteiger partial charge in [0.1, 0.15) is 0 Å². The van der Waals surface area contributed by atoms with Gasteiger partial charge in [-0.25, -0.2) is 9.97 Å². The lowest BCUT2D eigenvalue weighted by Crippen LogP contribution is -1.97. The van der Waals surface area contributed by atoms with Gasteiger partial charge in [0.2, 0.25) is 0 Å². The first-order valence-corrected chi connectivity index (χ1v) is 8.84. The topological polar surface area (TPSA) is 50.9 Å². The number of aliphatic hydroxyl groups excluding tert-OH is 1. The summed E-state index contributed by atoms with van der Waals surface area (Å²) in [6, 6.07) is 10.4. The SMILES string of the molecule is Cn1c(CO)cnc1SCc1csc(Cc2ccccc2)n1. The van der Waals surface area contributed by atoms with Crippen LogP contribution in [0.3, 0.4) is 0 Å². The third-order valence-corrected chi connectivity index (χ3v) is 5.33. The van der Waals surface area contributed by atoms with Crippen LogP contribution >= 0.6 is 23.1 Å². The summed E-state index contributed by atoms with van der Waals surface area (Å²) in [6.45, 7) is 0.0159. The number of rotatable bonds is 6. The van der Waals surface area contributed by atoms with Crippen molar-refractivity contribution in [2.24, 2.45) is 7.05 Å². The molecule has 0 fully saturated rings. The lowest BCUT2D eigenvalue weighted by Gasteiger charge is -2.02. The molecule has 3 rings (SSSR count). The summed E-state index contributed by atoms with van der Waals surface area (Å²) < 4.78 is 1.92. The molecule has 2 heterocycles. The molecule has 22 heavy (non-hydrogen) atoms. The number of aliphatic hydroxyl groups is 1. The van der Waals surface area contributed by atoms with E-state index in [1.54, 1.807) is 29.3 Å². The fraction of sp³-hybridized carbons (Fsp3) is 0.250. The molecule has 0 saturated carbocycles. The maximum absolute atomic E-state index is 9.18. The molecule has 6 heteroatoms. The van der Waals surface area contributed by atoms with Gasteiger partial charge in [-0.15, -0.1) is 11.3 Å². The van der Waals surface area contributed by atoms with Gasteiger partial charge in [-0.3, -0.25) is 0 Å². The molecule has 114 valence electrons. The van der Waals surface area contributed by atoms with Gasteiger partial charge in [-0.05, 0) is 5.56 Å². The fourth-order valence-electron chi connectivity index (χ4n) is 2.11. The average molecular weight is 331 g/mol. The van der Waals surface area contributed by atoms with Crippen molar-refractivity contribution in [1.82, 2.24) is 14.5 Å². The van der Waals surface area contributed by atoms with E-state index in [2.05, 4.69) is 39.6 Å². The highest BCUT2D eigenvalue weighted by molar-refractivity contribution is 7.98. The lowest BCUT2D eigenvalue weighted by molar-refractivity contribution is 0.271. The fourth-order valence-corrected chi connectivity index (χ4v) is 3.91. The van der Waals surface area contributed by atoms with Gasteiger partial charge >= 0.3 is 0 Å². The standard InChI is InChI=1S/C16H17N3OS2/c1-19-14(9-20)8-17-16(19)22-11-13-10-21-15(18-13)7-12-5-3-2-4-6-12/h2-6,8,10,20H,7,9,11H2,1H3. The molecule has 0 aliphatic carbocycles. The Bertz CT molecular complexity index is 737. The summed E-state index contributed by atoms with van der Waals surface area (Å²) in [5.74, 6) is 0.793. The van der Waals surface area contributed by atoms with Crippen molar-refractivity contribution in [2.75, 3.05) is 0 Å². The Morgan fingerprint density at radius 1 is 1.27 bits per heavy atom. The molecule has 2 aromatic heterocycles. The molecule has 0 unspecified atom stereocenters. The molecular formula is C16H17N3OS2. The van der Waals surface area contributed by atoms with Gasteiger partial charge in [0.15, 0.2) is 5.16 Å². The summed E-state index contributed by atoms with van der Waals surface area (Å²) in [7, 11) is 1.92. The molecule has 1 aromatic carbocycles. The molecule has 1 N–H and O–H groups in total. The van der Waals surface area contributed by atoms with Crippen molar-refractivity contribution in [2.45, 2.75) is 23.9 Å². The van der Waals surface area contributed by atoms with Gasteiger partial charge in [-0.2, -0.15) is 0 Å². The van der Waals surface area contributed by atoms with Gasteiger partial charge in [0.25, 0.3) is 0 Å². The maximum Gasteiger partial charge on any atom is 0.168 e. The van der Waals surface area contributed by atoms with Crippen molar-refractivity contribution >= 4 is 23.1 Å². The number of benzene rings is 1. The summed E-state index contributed by atoms with van der Waals surface area (Å²) in [4.78, 5) is 9.01. The predicted octanol–water partition coefficient (Wildman–Crippen LogP) is 3.25. The van der Waals surface area contributed by atoms with Crippen LogP contribution in [-0.2, 0) is 25.8 Å². The van der Waals surface area contributed by atoms with E-state index in [0.717, 1.165) is 33.7 Å². The predicted molar refractivity (Wildman–Crippen MR) is 90.1 cm³/mol. The molecular weight excluding hydrogens is 314 g/mol. The van der Waals surface area contributed by atoms with Crippen LogP contribution in [0.1, 0.15) is 22.0 Å². The third-order valence-electron chi connectivity index (χ3n) is 3.35. The Kier molecular flexibility index (Phi) is 4.92. The number of nitrogens with zero attached hydrogens (tertiary/aromatic N) is 3. The Balaban J connectivity index is 1.61. The second kappa shape index (κ2) is 7.09. The van der Waals surface area contributed by atoms with E-state index in [1.165, 1.54) is 5.56 Å². The van der Waals surface area contributed by atoms with E-state index in [9.17, 15) is 5.11 Å². The Labute approximate surface area is 137 Å². The smallest absolute Gasteiger partial charge is 0.168 e.